The van der Waals surface area contributed by atoms with Gasteiger partial charge in [-0.1, -0.05) is 12.2 Å². The summed E-state index contributed by atoms with van der Waals surface area (Å²) in [6.07, 6.45) is 6.67. The number of nitrogens with zero attached hydrogens (tertiary/aromatic N) is 3. The fourth-order valence-corrected chi connectivity index (χ4v) is 5.74. The standard InChI is InChI=1S/C23H19N3O6/c1-31-18-6-2-11(26(29)30)8-17(18)19-7-3-12(32-19)10-24-25-22(27)20-13-4-5-14(16-9-15(13)16)21(20)23(25)28/h2-8,10,13-16,20-21H,9H2,1H3/b24-10-/t13-,14-,15-,16+,20-,21+/m1/s1. The second-order valence-corrected chi connectivity index (χ2v) is 8.73. The Labute approximate surface area is 182 Å². The van der Waals surface area contributed by atoms with Crippen LogP contribution in [-0.2, 0) is 9.59 Å². The van der Waals surface area contributed by atoms with Crippen LogP contribution in [0.15, 0.2) is 52.0 Å². The SMILES string of the molecule is COc1ccc([N+](=O)[O-])cc1-c1ccc(/C=N\N2C(=O)[C@@H]3[C@@H]4C=C[C@H]([C@@H]5C[C@H]45)[C@@H]3C2=O)o1. The summed E-state index contributed by atoms with van der Waals surface area (Å²) in [5.41, 5.74) is 0.326. The molecular formula is C23H19N3O6. The predicted molar refractivity (Wildman–Crippen MR) is 111 cm³/mol. The highest BCUT2D eigenvalue weighted by Crippen LogP contribution is 2.65. The van der Waals surface area contributed by atoms with E-state index in [0.29, 0.717) is 34.7 Å². The lowest BCUT2D eigenvalue weighted by molar-refractivity contribution is -0.384. The summed E-state index contributed by atoms with van der Waals surface area (Å²) in [7, 11) is 1.46. The van der Waals surface area contributed by atoms with Crippen molar-refractivity contribution in [1.82, 2.24) is 5.01 Å². The number of rotatable bonds is 5. The number of nitro benzene ring substituents is 1. The van der Waals surface area contributed by atoms with E-state index in [9.17, 15) is 19.7 Å². The van der Waals surface area contributed by atoms with Crippen LogP contribution in [0.25, 0.3) is 11.3 Å². The highest BCUT2D eigenvalue weighted by molar-refractivity contribution is 6.06. The highest BCUT2D eigenvalue weighted by atomic mass is 16.6. The van der Waals surface area contributed by atoms with E-state index in [4.69, 9.17) is 9.15 Å². The zero-order chi connectivity index (χ0) is 22.1. The average molecular weight is 433 g/mol. The molecule has 0 unspecified atom stereocenters. The molecule has 2 bridgehead atoms. The number of hydrogen-bond acceptors (Lipinski definition) is 7. The Balaban J connectivity index is 1.26. The Kier molecular flexibility index (Phi) is 3.93. The van der Waals surface area contributed by atoms with Crippen LogP contribution in [0.4, 0.5) is 5.69 Å². The van der Waals surface area contributed by atoms with Crippen LogP contribution in [-0.4, -0.2) is 35.1 Å². The van der Waals surface area contributed by atoms with E-state index < -0.39 is 4.92 Å². The number of hydrogen-bond donors (Lipinski definition) is 0. The van der Waals surface area contributed by atoms with Gasteiger partial charge in [0.15, 0.2) is 0 Å². The van der Waals surface area contributed by atoms with Gasteiger partial charge in [0.1, 0.15) is 17.3 Å². The number of methoxy groups -OCH3 is 1. The van der Waals surface area contributed by atoms with Gasteiger partial charge in [0, 0.05) is 12.1 Å². The molecule has 162 valence electrons. The molecule has 4 aliphatic carbocycles. The Morgan fingerprint density at radius 2 is 1.81 bits per heavy atom. The first-order valence-electron chi connectivity index (χ1n) is 10.5. The van der Waals surface area contributed by atoms with Crippen molar-refractivity contribution in [1.29, 1.82) is 0 Å². The van der Waals surface area contributed by atoms with Crippen molar-refractivity contribution < 1.29 is 23.7 Å². The van der Waals surface area contributed by atoms with Gasteiger partial charge in [-0.2, -0.15) is 10.1 Å². The van der Waals surface area contributed by atoms with Crippen LogP contribution in [0.1, 0.15) is 12.2 Å². The number of ether oxygens (including phenoxy) is 1. The Bertz CT molecular complexity index is 1190. The zero-order valence-corrected chi connectivity index (χ0v) is 17.1. The molecule has 3 fully saturated rings. The third kappa shape index (κ3) is 2.60. The van der Waals surface area contributed by atoms with Crippen molar-refractivity contribution in [3.8, 4) is 17.1 Å². The van der Waals surface area contributed by atoms with E-state index in [0.717, 1.165) is 11.4 Å². The fourth-order valence-electron chi connectivity index (χ4n) is 5.74. The molecule has 9 heteroatoms. The molecule has 0 spiro atoms. The van der Waals surface area contributed by atoms with Crippen molar-refractivity contribution in [3.63, 3.8) is 0 Å². The van der Waals surface area contributed by atoms with Gasteiger partial charge < -0.3 is 9.15 Å². The number of imide groups is 1. The number of allylic oxidation sites excluding steroid dienone is 2. The highest BCUT2D eigenvalue weighted by Gasteiger charge is 2.67. The Hall–Kier alpha value is -3.75. The van der Waals surface area contributed by atoms with Gasteiger partial charge in [0.2, 0.25) is 0 Å². The van der Waals surface area contributed by atoms with E-state index in [1.165, 1.54) is 31.5 Å². The largest absolute Gasteiger partial charge is 0.496 e. The van der Waals surface area contributed by atoms with Crippen molar-refractivity contribution in [3.05, 3.63) is 58.4 Å². The van der Waals surface area contributed by atoms with Gasteiger partial charge in [-0.3, -0.25) is 19.7 Å². The molecule has 7 rings (SSSR count). The van der Waals surface area contributed by atoms with Crippen LogP contribution in [0.2, 0.25) is 0 Å². The Morgan fingerprint density at radius 3 is 2.44 bits per heavy atom. The molecule has 2 saturated carbocycles. The molecule has 32 heavy (non-hydrogen) atoms. The van der Waals surface area contributed by atoms with E-state index in [2.05, 4.69) is 17.3 Å². The lowest BCUT2D eigenvalue weighted by Crippen LogP contribution is -2.40. The second-order valence-electron chi connectivity index (χ2n) is 8.73. The third-order valence-electron chi connectivity index (χ3n) is 7.23. The lowest BCUT2D eigenvalue weighted by Gasteiger charge is -2.37. The minimum absolute atomic E-state index is 0.0930. The number of nitro groups is 1. The molecule has 0 N–H and O–H groups in total. The van der Waals surface area contributed by atoms with Crippen LogP contribution in [0.5, 0.6) is 5.75 Å². The Morgan fingerprint density at radius 1 is 1.12 bits per heavy atom. The lowest BCUT2D eigenvalue weighted by atomic mass is 9.63. The molecule has 9 nitrogen and oxygen atoms in total. The smallest absolute Gasteiger partial charge is 0.270 e. The van der Waals surface area contributed by atoms with Gasteiger partial charge in [0.25, 0.3) is 17.5 Å². The number of amides is 2. The second kappa shape index (κ2) is 6.62. The first-order valence-corrected chi connectivity index (χ1v) is 10.5. The molecule has 6 atom stereocenters. The van der Waals surface area contributed by atoms with Gasteiger partial charge in [-0.25, -0.2) is 0 Å². The summed E-state index contributed by atoms with van der Waals surface area (Å²) in [4.78, 5) is 36.6. The van der Waals surface area contributed by atoms with Gasteiger partial charge >= 0.3 is 0 Å². The molecule has 2 heterocycles. The molecule has 0 radical (unpaired) electrons. The molecule has 2 amide bonds. The molecule has 2 aromatic rings. The molecule has 1 aromatic heterocycles. The normalized spacial score (nSPS) is 31.8. The molecule has 1 saturated heterocycles. The monoisotopic (exact) mass is 433 g/mol. The van der Waals surface area contributed by atoms with Crippen LogP contribution in [0, 0.1) is 45.6 Å². The summed E-state index contributed by atoms with van der Waals surface area (Å²) in [5, 5.41) is 16.3. The molecule has 1 aliphatic heterocycles. The minimum Gasteiger partial charge on any atom is -0.496 e. The zero-order valence-electron chi connectivity index (χ0n) is 17.1. The molecule has 1 aromatic carbocycles. The summed E-state index contributed by atoms with van der Waals surface area (Å²) in [5.74, 6) is 1.33. The third-order valence-corrected chi connectivity index (χ3v) is 7.23. The number of carbonyl (C=O) groups is 2. The quantitative estimate of drug-likeness (QED) is 0.235. The van der Waals surface area contributed by atoms with E-state index >= 15 is 0 Å². The van der Waals surface area contributed by atoms with Gasteiger partial charge in [-0.15, -0.1) is 0 Å². The predicted octanol–water partition coefficient (Wildman–Crippen LogP) is 3.25. The van der Waals surface area contributed by atoms with Gasteiger partial charge in [-0.05, 0) is 48.3 Å². The maximum absolute atomic E-state index is 13.0. The summed E-state index contributed by atoms with van der Waals surface area (Å²) in [6.45, 7) is 0. The summed E-state index contributed by atoms with van der Waals surface area (Å²) < 4.78 is 11.0. The van der Waals surface area contributed by atoms with Crippen LogP contribution >= 0.6 is 0 Å². The topological polar surface area (TPSA) is 115 Å². The van der Waals surface area contributed by atoms with Crippen LogP contribution < -0.4 is 4.74 Å². The van der Waals surface area contributed by atoms with Crippen molar-refractivity contribution in [2.75, 3.05) is 7.11 Å². The first kappa shape index (κ1) is 19.0. The molecule has 5 aliphatic rings. The number of benzene rings is 1. The van der Waals surface area contributed by atoms with Gasteiger partial charge in [0.05, 0.1) is 35.6 Å². The van der Waals surface area contributed by atoms with Crippen molar-refractivity contribution in [2.45, 2.75) is 6.42 Å². The maximum atomic E-state index is 13.0. The number of hydrazone groups is 1. The fraction of sp³-hybridized carbons (Fsp3) is 0.348. The van der Waals surface area contributed by atoms with E-state index in [1.807, 2.05) is 0 Å². The number of furan rings is 1. The van der Waals surface area contributed by atoms with Crippen molar-refractivity contribution >= 4 is 23.7 Å². The number of carbonyl (C=O) groups excluding carboxylic acids is 2. The number of non-ortho nitro benzene ring substituents is 1. The van der Waals surface area contributed by atoms with Crippen LogP contribution in [0.3, 0.4) is 0 Å². The average Bonchev–Trinajstić information content (AvgIpc) is 3.44. The van der Waals surface area contributed by atoms with E-state index in [-0.39, 0.29) is 41.2 Å². The summed E-state index contributed by atoms with van der Waals surface area (Å²) >= 11 is 0. The summed E-state index contributed by atoms with van der Waals surface area (Å²) in [6, 6.07) is 7.47. The van der Waals surface area contributed by atoms with Crippen molar-refractivity contribution in [2.24, 2.45) is 40.6 Å². The molecular weight excluding hydrogens is 414 g/mol. The van der Waals surface area contributed by atoms with E-state index in [1.54, 1.807) is 12.1 Å². The maximum Gasteiger partial charge on any atom is 0.270 e. The first-order chi connectivity index (χ1) is 15.5. The minimum atomic E-state index is -0.496.